The Kier molecular flexibility index (Phi) is 4.36. The number of hydrogen-bond acceptors (Lipinski definition) is 4. The molecule has 0 aliphatic carbocycles. The van der Waals surface area contributed by atoms with Crippen molar-refractivity contribution in [2.45, 2.75) is 12.8 Å². The molecule has 0 bridgehead atoms. The molecule has 2 heterocycles. The number of nitrogens with one attached hydrogen (secondary N) is 2. The molecule has 1 saturated heterocycles. The average molecular weight is 336 g/mol. The maximum Gasteiger partial charge on any atom is 0.275 e. The molecule has 0 spiro atoms. The molecule has 23 heavy (non-hydrogen) atoms. The van der Waals surface area contributed by atoms with Gasteiger partial charge in [-0.2, -0.15) is 5.10 Å². The number of aromatic nitrogens is 2. The SMILES string of the molecule is CS(=O)(=O)NC[C@@H]1CCCN(C(=O)c2n[nH]c3ccccc23)C1. The van der Waals surface area contributed by atoms with E-state index in [9.17, 15) is 13.2 Å². The summed E-state index contributed by atoms with van der Waals surface area (Å²) in [5.74, 6) is 0.0270. The van der Waals surface area contributed by atoms with Crippen LogP contribution in [0, 0.1) is 5.92 Å². The van der Waals surface area contributed by atoms with E-state index in [0.29, 0.717) is 25.3 Å². The van der Waals surface area contributed by atoms with Crippen LogP contribution in [0.4, 0.5) is 0 Å². The summed E-state index contributed by atoms with van der Waals surface area (Å²) in [7, 11) is -3.20. The predicted molar refractivity (Wildman–Crippen MR) is 87.6 cm³/mol. The third kappa shape index (κ3) is 3.70. The number of fused-ring (bicyclic) bond motifs is 1. The summed E-state index contributed by atoms with van der Waals surface area (Å²) in [6.07, 6.45) is 2.92. The molecule has 1 atom stereocenters. The molecule has 1 amide bonds. The largest absolute Gasteiger partial charge is 0.337 e. The maximum atomic E-state index is 12.7. The van der Waals surface area contributed by atoms with Gasteiger partial charge in [0.05, 0.1) is 11.8 Å². The number of carbonyl (C=O) groups excluding carboxylic acids is 1. The van der Waals surface area contributed by atoms with Gasteiger partial charge in [-0.15, -0.1) is 0 Å². The van der Waals surface area contributed by atoms with Crippen LogP contribution in [-0.2, 0) is 10.0 Å². The minimum absolute atomic E-state index is 0.105. The molecule has 8 heteroatoms. The number of H-pyrrole nitrogens is 1. The number of aromatic amines is 1. The van der Waals surface area contributed by atoms with Crippen molar-refractivity contribution in [1.82, 2.24) is 19.8 Å². The Labute approximate surface area is 135 Å². The fraction of sp³-hybridized carbons (Fsp3) is 0.467. The summed E-state index contributed by atoms with van der Waals surface area (Å²) >= 11 is 0. The monoisotopic (exact) mass is 336 g/mol. The van der Waals surface area contributed by atoms with Gasteiger partial charge in [0.1, 0.15) is 0 Å². The van der Waals surface area contributed by atoms with Crippen LogP contribution in [0.15, 0.2) is 24.3 Å². The Morgan fingerprint density at radius 3 is 3.00 bits per heavy atom. The van der Waals surface area contributed by atoms with Gasteiger partial charge >= 0.3 is 0 Å². The van der Waals surface area contributed by atoms with E-state index in [0.717, 1.165) is 30.0 Å². The van der Waals surface area contributed by atoms with Crippen LogP contribution in [0.5, 0.6) is 0 Å². The molecule has 3 rings (SSSR count). The lowest BCUT2D eigenvalue weighted by molar-refractivity contribution is 0.0672. The lowest BCUT2D eigenvalue weighted by atomic mass is 9.98. The third-order valence-electron chi connectivity index (χ3n) is 4.11. The van der Waals surface area contributed by atoms with E-state index >= 15 is 0 Å². The summed E-state index contributed by atoms with van der Waals surface area (Å²) in [5.41, 5.74) is 1.26. The van der Waals surface area contributed by atoms with Crippen molar-refractivity contribution >= 4 is 26.8 Å². The van der Waals surface area contributed by atoms with Crippen LogP contribution in [0.3, 0.4) is 0 Å². The molecule has 1 fully saturated rings. The summed E-state index contributed by atoms with van der Waals surface area (Å²) in [6, 6.07) is 7.53. The second-order valence-corrected chi connectivity index (χ2v) is 7.83. The van der Waals surface area contributed by atoms with Crippen molar-refractivity contribution in [3.8, 4) is 0 Å². The van der Waals surface area contributed by atoms with E-state index < -0.39 is 10.0 Å². The molecule has 2 aromatic rings. The number of sulfonamides is 1. The highest BCUT2D eigenvalue weighted by Gasteiger charge is 2.27. The molecule has 2 N–H and O–H groups in total. The Balaban J connectivity index is 1.72. The molecule has 0 unspecified atom stereocenters. The van der Waals surface area contributed by atoms with Crippen LogP contribution in [0.2, 0.25) is 0 Å². The summed E-state index contributed by atoms with van der Waals surface area (Å²) in [5, 5.41) is 7.84. The Morgan fingerprint density at radius 2 is 2.22 bits per heavy atom. The van der Waals surface area contributed by atoms with Crippen molar-refractivity contribution in [1.29, 1.82) is 0 Å². The first kappa shape index (κ1) is 15.9. The quantitative estimate of drug-likeness (QED) is 0.869. The van der Waals surface area contributed by atoms with Gasteiger partial charge in [0.25, 0.3) is 5.91 Å². The average Bonchev–Trinajstić information content (AvgIpc) is 2.96. The fourth-order valence-corrected chi connectivity index (χ4v) is 3.50. The molecule has 0 radical (unpaired) electrons. The highest BCUT2D eigenvalue weighted by Crippen LogP contribution is 2.21. The van der Waals surface area contributed by atoms with Crippen LogP contribution in [0.1, 0.15) is 23.3 Å². The molecular weight excluding hydrogens is 316 g/mol. The third-order valence-corrected chi connectivity index (χ3v) is 4.80. The zero-order chi connectivity index (χ0) is 16.4. The number of nitrogens with zero attached hydrogens (tertiary/aromatic N) is 2. The number of carbonyl (C=O) groups is 1. The Bertz CT molecular complexity index is 815. The number of hydrogen-bond donors (Lipinski definition) is 2. The maximum absolute atomic E-state index is 12.7. The first-order chi connectivity index (χ1) is 10.9. The van der Waals surface area contributed by atoms with Gasteiger partial charge in [-0.05, 0) is 24.8 Å². The zero-order valence-corrected chi connectivity index (χ0v) is 13.8. The van der Waals surface area contributed by atoms with Gasteiger partial charge in [0.15, 0.2) is 5.69 Å². The van der Waals surface area contributed by atoms with Crippen molar-refractivity contribution in [2.24, 2.45) is 5.92 Å². The van der Waals surface area contributed by atoms with Gasteiger partial charge in [-0.3, -0.25) is 9.89 Å². The Morgan fingerprint density at radius 1 is 1.43 bits per heavy atom. The lowest BCUT2D eigenvalue weighted by Crippen LogP contribution is -2.43. The highest BCUT2D eigenvalue weighted by molar-refractivity contribution is 7.88. The molecule has 0 saturated carbocycles. The van der Waals surface area contributed by atoms with E-state index in [1.165, 1.54) is 0 Å². The predicted octanol–water partition coefficient (Wildman–Crippen LogP) is 0.964. The number of amides is 1. The van der Waals surface area contributed by atoms with Gasteiger partial charge in [0, 0.05) is 25.0 Å². The van der Waals surface area contributed by atoms with E-state index in [1.54, 1.807) is 4.90 Å². The molecule has 1 aromatic carbocycles. The van der Waals surface area contributed by atoms with E-state index in [4.69, 9.17) is 0 Å². The zero-order valence-electron chi connectivity index (χ0n) is 12.9. The second kappa shape index (κ2) is 6.29. The van der Waals surface area contributed by atoms with Crippen molar-refractivity contribution < 1.29 is 13.2 Å². The molecule has 1 aromatic heterocycles. The molecular formula is C15H20N4O3S. The molecule has 124 valence electrons. The first-order valence-electron chi connectivity index (χ1n) is 7.61. The van der Waals surface area contributed by atoms with E-state index in [-0.39, 0.29) is 11.8 Å². The van der Waals surface area contributed by atoms with Crippen molar-refractivity contribution in [2.75, 3.05) is 25.9 Å². The van der Waals surface area contributed by atoms with Crippen molar-refractivity contribution in [3.05, 3.63) is 30.0 Å². The standard InChI is InChI=1S/C15H20N4O3S/c1-23(21,22)16-9-11-5-4-8-19(10-11)15(20)14-12-6-2-3-7-13(12)17-18-14/h2-3,6-7,11,16H,4-5,8-10H2,1H3,(H,17,18)/t11-/m0/s1. The lowest BCUT2D eigenvalue weighted by Gasteiger charge is -2.32. The van der Waals surface area contributed by atoms with Gasteiger partial charge in [0.2, 0.25) is 10.0 Å². The molecule has 1 aliphatic rings. The summed E-state index contributed by atoms with van der Waals surface area (Å²) in [6.45, 7) is 1.59. The number of para-hydroxylation sites is 1. The van der Waals surface area contributed by atoms with Gasteiger partial charge in [-0.1, -0.05) is 18.2 Å². The van der Waals surface area contributed by atoms with E-state index in [2.05, 4.69) is 14.9 Å². The van der Waals surface area contributed by atoms with Gasteiger partial charge in [-0.25, -0.2) is 13.1 Å². The normalized spacial score (nSPS) is 19.2. The number of likely N-dealkylation sites (tertiary alicyclic amines) is 1. The fourth-order valence-electron chi connectivity index (χ4n) is 2.96. The smallest absolute Gasteiger partial charge is 0.275 e. The number of piperidine rings is 1. The highest BCUT2D eigenvalue weighted by atomic mass is 32.2. The second-order valence-electron chi connectivity index (χ2n) is 6.00. The Hall–Kier alpha value is -1.93. The molecule has 1 aliphatic heterocycles. The summed E-state index contributed by atoms with van der Waals surface area (Å²) in [4.78, 5) is 14.5. The topological polar surface area (TPSA) is 95.2 Å². The molecule has 7 nitrogen and oxygen atoms in total. The first-order valence-corrected chi connectivity index (χ1v) is 9.50. The summed E-state index contributed by atoms with van der Waals surface area (Å²) < 4.78 is 25.0. The minimum Gasteiger partial charge on any atom is -0.337 e. The van der Waals surface area contributed by atoms with Crippen molar-refractivity contribution in [3.63, 3.8) is 0 Å². The number of rotatable bonds is 4. The van der Waals surface area contributed by atoms with Crippen LogP contribution in [-0.4, -0.2) is 55.3 Å². The minimum atomic E-state index is -3.20. The van der Waals surface area contributed by atoms with E-state index in [1.807, 2.05) is 24.3 Å². The van der Waals surface area contributed by atoms with Gasteiger partial charge < -0.3 is 4.90 Å². The number of benzene rings is 1. The van der Waals surface area contributed by atoms with Crippen LogP contribution >= 0.6 is 0 Å². The van der Waals surface area contributed by atoms with Crippen LogP contribution in [0.25, 0.3) is 10.9 Å². The van der Waals surface area contributed by atoms with Crippen LogP contribution < -0.4 is 4.72 Å².